The third-order valence-corrected chi connectivity index (χ3v) is 2.66. The lowest BCUT2D eigenvalue weighted by atomic mass is 10.0. The summed E-state index contributed by atoms with van der Waals surface area (Å²) in [5.41, 5.74) is 0. The Balaban J connectivity index is 3.14. The molecule has 0 aliphatic rings. The number of methoxy groups -OCH3 is 1. The zero-order valence-corrected chi connectivity index (χ0v) is 12.1. The van der Waals surface area contributed by atoms with Crippen LogP contribution in [0.15, 0.2) is 6.07 Å². The van der Waals surface area contributed by atoms with Crippen molar-refractivity contribution in [1.82, 2.24) is 9.97 Å². The van der Waals surface area contributed by atoms with Gasteiger partial charge in [-0.1, -0.05) is 13.8 Å². The Bertz CT molecular complexity index is 506. The molecule has 1 atom stereocenters. The number of rotatable bonds is 5. The highest BCUT2D eigenvalue weighted by atomic mass is 19.4. The number of ether oxygens (including phenoxy) is 1. The minimum absolute atomic E-state index is 0.00723. The van der Waals surface area contributed by atoms with Gasteiger partial charge < -0.3 is 15.4 Å². The number of hydrogen-bond acceptors (Lipinski definition) is 6. The third-order valence-electron chi connectivity index (χ3n) is 2.66. The van der Waals surface area contributed by atoms with Crippen LogP contribution in [0.5, 0.6) is 0 Å². The molecular weight excluding hydrogens is 289 g/mol. The highest BCUT2D eigenvalue weighted by Crippen LogP contribution is 2.28. The molecule has 21 heavy (non-hydrogen) atoms. The summed E-state index contributed by atoms with van der Waals surface area (Å²) in [6.45, 7) is 3.47. The molecule has 0 fully saturated rings. The van der Waals surface area contributed by atoms with Crippen LogP contribution >= 0.6 is 0 Å². The monoisotopic (exact) mass is 306 g/mol. The molecule has 1 heterocycles. The summed E-state index contributed by atoms with van der Waals surface area (Å²) in [6.07, 6.45) is -4.68. The van der Waals surface area contributed by atoms with Crippen LogP contribution in [0.1, 0.15) is 19.7 Å². The SMILES string of the molecule is CNc1cc(NC(C(=O)OC)C(C)C)nc(C(F)(F)F)n1. The summed E-state index contributed by atoms with van der Waals surface area (Å²) in [4.78, 5) is 18.4. The first kappa shape index (κ1) is 17.0. The predicted octanol–water partition coefficient (Wildman–Crippen LogP) is 2.15. The number of nitrogens with zero attached hydrogens (tertiary/aromatic N) is 2. The van der Waals surface area contributed by atoms with Gasteiger partial charge >= 0.3 is 12.1 Å². The van der Waals surface area contributed by atoms with E-state index in [1.54, 1.807) is 13.8 Å². The van der Waals surface area contributed by atoms with Crippen LogP contribution in [0.25, 0.3) is 0 Å². The lowest BCUT2D eigenvalue weighted by Gasteiger charge is -2.21. The largest absolute Gasteiger partial charge is 0.467 e. The van der Waals surface area contributed by atoms with Crippen molar-refractivity contribution < 1.29 is 22.7 Å². The summed E-state index contributed by atoms with van der Waals surface area (Å²) in [5, 5.41) is 5.17. The van der Waals surface area contributed by atoms with E-state index in [0.29, 0.717) is 0 Å². The normalized spacial score (nSPS) is 13.0. The van der Waals surface area contributed by atoms with E-state index in [9.17, 15) is 18.0 Å². The topological polar surface area (TPSA) is 76.1 Å². The van der Waals surface area contributed by atoms with E-state index in [1.807, 2.05) is 0 Å². The average molecular weight is 306 g/mol. The Morgan fingerprint density at radius 3 is 2.29 bits per heavy atom. The van der Waals surface area contributed by atoms with E-state index in [-0.39, 0.29) is 17.6 Å². The molecular formula is C12H17F3N4O2. The van der Waals surface area contributed by atoms with Gasteiger partial charge in [0.2, 0.25) is 5.82 Å². The van der Waals surface area contributed by atoms with Gasteiger partial charge in [0.05, 0.1) is 7.11 Å². The molecule has 0 spiro atoms. The maximum absolute atomic E-state index is 12.7. The van der Waals surface area contributed by atoms with E-state index in [1.165, 1.54) is 20.2 Å². The summed E-state index contributed by atoms with van der Waals surface area (Å²) in [6, 6.07) is 0.476. The quantitative estimate of drug-likeness (QED) is 0.812. The maximum atomic E-state index is 12.7. The number of carbonyl (C=O) groups is 1. The van der Waals surface area contributed by atoms with Crippen molar-refractivity contribution in [3.05, 3.63) is 11.9 Å². The van der Waals surface area contributed by atoms with Crippen molar-refractivity contribution in [2.75, 3.05) is 24.8 Å². The molecule has 0 aromatic carbocycles. The third kappa shape index (κ3) is 4.47. The minimum Gasteiger partial charge on any atom is -0.467 e. The van der Waals surface area contributed by atoms with Crippen LogP contribution in [0.4, 0.5) is 24.8 Å². The molecule has 6 nitrogen and oxygen atoms in total. The number of nitrogens with one attached hydrogen (secondary N) is 2. The standard InChI is InChI=1S/C12H17F3N4O2/c1-6(2)9(10(20)21-4)17-8-5-7(16-3)18-11(19-8)12(13,14)15/h5-6,9H,1-4H3,(H2,16,17,18,19). The zero-order chi connectivity index (χ0) is 16.2. The first-order chi connectivity index (χ1) is 9.68. The van der Waals surface area contributed by atoms with Crippen LogP contribution in [-0.4, -0.2) is 36.1 Å². The zero-order valence-electron chi connectivity index (χ0n) is 12.1. The fourth-order valence-electron chi connectivity index (χ4n) is 1.56. The van der Waals surface area contributed by atoms with E-state index in [4.69, 9.17) is 0 Å². The Hall–Kier alpha value is -2.06. The summed E-state index contributed by atoms with van der Waals surface area (Å²) in [5.74, 6) is -2.18. The molecule has 1 aromatic heterocycles. The maximum Gasteiger partial charge on any atom is 0.451 e. The van der Waals surface area contributed by atoms with Crippen LogP contribution in [0.2, 0.25) is 0 Å². The second kappa shape index (κ2) is 6.59. The average Bonchev–Trinajstić information content (AvgIpc) is 2.42. The number of halogens is 3. The Morgan fingerprint density at radius 2 is 1.86 bits per heavy atom. The molecule has 2 N–H and O–H groups in total. The molecule has 0 radical (unpaired) electrons. The molecule has 118 valence electrons. The van der Waals surface area contributed by atoms with Crippen molar-refractivity contribution in [3.63, 3.8) is 0 Å². The number of anilines is 2. The van der Waals surface area contributed by atoms with Gasteiger partial charge in [0.25, 0.3) is 0 Å². The fraction of sp³-hybridized carbons (Fsp3) is 0.583. The molecule has 0 saturated heterocycles. The molecule has 1 rings (SSSR count). The van der Waals surface area contributed by atoms with Gasteiger partial charge in [-0.15, -0.1) is 0 Å². The minimum atomic E-state index is -4.68. The van der Waals surface area contributed by atoms with Gasteiger partial charge in [-0.2, -0.15) is 13.2 Å². The summed E-state index contributed by atoms with van der Waals surface area (Å²) < 4.78 is 42.8. The molecule has 0 bridgehead atoms. The number of carbonyl (C=O) groups excluding carboxylic acids is 1. The molecule has 1 aromatic rings. The van der Waals surface area contributed by atoms with E-state index >= 15 is 0 Å². The lowest BCUT2D eigenvalue weighted by molar-refractivity contribution is -0.144. The molecule has 0 amide bonds. The van der Waals surface area contributed by atoms with E-state index in [0.717, 1.165) is 0 Å². The molecule has 1 unspecified atom stereocenters. The Labute approximate surface area is 120 Å². The predicted molar refractivity (Wildman–Crippen MR) is 70.8 cm³/mol. The van der Waals surface area contributed by atoms with Crippen LogP contribution in [-0.2, 0) is 15.7 Å². The van der Waals surface area contributed by atoms with Gasteiger partial charge in [0, 0.05) is 13.1 Å². The van der Waals surface area contributed by atoms with Crippen LogP contribution in [0.3, 0.4) is 0 Å². The van der Waals surface area contributed by atoms with Crippen molar-refractivity contribution in [2.45, 2.75) is 26.1 Å². The van der Waals surface area contributed by atoms with E-state index in [2.05, 4.69) is 25.3 Å². The summed E-state index contributed by atoms with van der Waals surface area (Å²) >= 11 is 0. The highest BCUT2D eigenvalue weighted by Gasteiger charge is 2.36. The molecule has 0 saturated carbocycles. The first-order valence-corrected chi connectivity index (χ1v) is 6.17. The second-order valence-corrected chi connectivity index (χ2v) is 4.60. The van der Waals surface area contributed by atoms with Crippen molar-refractivity contribution in [3.8, 4) is 0 Å². The Kier molecular flexibility index (Phi) is 5.34. The Morgan fingerprint density at radius 1 is 1.29 bits per heavy atom. The highest BCUT2D eigenvalue weighted by molar-refractivity contribution is 5.79. The van der Waals surface area contributed by atoms with Gasteiger partial charge in [-0.05, 0) is 5.92 Å². The van der Waals surface area contributed by atoms with Gasteiger partial charge in [-0.3, -0.25) is 0 Å². The summed E-state index contributed by atoms with van der Waals surface area (Å²) in [7, 11) is 2.64. The van der Waals surface area contributed by atoms with Crippen LogP contribution < -0.4 is 10.6 Å². The fourth-order valence-corrected chi connectivity index (χ4v) is 1.56. The molecule has 9 heteroatoms. The van der Waals surface area contributed by atoms with E-state index < -0.39 is 24.0 Å². The number of esters is 1. The van der Waals surface area contributed by atoms with Gasteiger partial charge in [0.1, 0.15) is 17.7 Å². The van der Waals surface area contributed by atoms with Crippen molar-refractivity contribution in [1.29, 1.82) is 0 Å². The van der Waals surface area contributed by atoms with Gasteiger partial charge in [-0.25, -0.2) is 14.8 Å². The van der Waals surface area contributed by atoms with Gasteiger partial charge in [0.15, 0.2) is 0 Å². The molecule has 0 aliphatic heterocycles. The van der Waals surface area contributed by atoms with Crippen LogP contribution in [0, 0.1) is 5.92 Å². The number of hydrogen-bond donors (Lipinski definition) is 2. The lowest BCUT2D eigenvalue weighted by Crippen LogP contribution is -2.36. The van der Waals surface area contributed by atoms with Crippen molar-refractivity contribution in [2.24, 2.45) is 5.92 Å². The number of alkyl halides is 3. The molecule has 0 aliphatic carbocycles. The number of aromatic nitrogens is 2. The second-order valence-electron chi connectivity index (χ2n) is 4.60. The van der Waals surface area contributed by atoms with Crippen molar-refractivity contribution >= 4 is 17.6 Å². The first-order valence-electron chi connectivity index (χ1n) is 6.17. The smallest absolute Gasteiger partial charge is 0.451 e.